The van der Waals surface area contributed by atoms with Gasteiger partial charge in [0.2, 0.25) is 0 Å². The highest BCUT2D eigenvalue weighted by molar-refractivity contribution is 5.69. The lowest BCUT2D eigenvalue weighted by Crippen LogP contribution is -2.53. The van der Waals surface area contributed by atoms with Crippen LogP contribution in [0.1, 0.15) is 26.3 Å². The van der Waals surface area contributed by atoms with Crippen LogP contribution in [-0.4, -0.2) is 55.8 Å². The Balaban J connectivity index is 2.04. The molecule has 0 aliphatic carbocycles. The Morgan fingerprint density at radius 2 is 1.96 bits per heavy atom. The molecule has 1 aromatic rings. The number of methoxy groups -OCH3 is 1. The van der Waals surface area contributed by atoms with Crippen molar-refractivity contribution in [2.45, 2.75) is 45.1 Å². The largest absolute Gasteiger partial charge is 0.444 e. The number of amides is 1. The van der Waals surface area contributed by atoms with Crippen LogP contribution in [-0.2, 0) is 25.6 Å². The average molecular weight is 363 g/mol. The first-order valence-electron chi connectivity index (χ1n) is 8.79. The topological polar surface area (TPSA) is 57.2 Å². The van der Waals surface area contributed by atoms with E-state index in [1.165, 1.54) is 0 Å². The Labute approximate surface area is 155 Å². The van der Waals surface area contributed by atoms with Gasteiger partial charge in [0, 0.05) is 13.7 Å². The fourth-order valence-corrected chi connectivity index (χ4v) is 2.65. The molecule has 1 aliphatic rings. The highest BCUT2D eigenvalue weighted by Crippen LogP contribution is 2.20. The van der Waals surface area contributed by atoms with E-state index in [0.29, 0.717) is 19.8 Å². The maximum atomic E-state index is 12.6. The molecule has 1 aliphatic heterocycles. The van der Waals surface area contributed by atoms with Crippen LogP contribution in [0.15, 0.2) is 42.5 Å². The van der Waals surface area contributed by atoms with Gasteiger partial charge in [0.1, 0.15) is 18.5 Å². The van der Waals surface area contributed by atoms with Gasteiger partial charge in [-0.1, -0.05) is 42.5 Å². The van der Waals surface area contributed by atoms with Gasteiger partial charge in [0.15, 0.2) is 0 Å². The Morgan fingerprint density at radius 3 is 2.62 bits per heavy atom. The van der Waals surface area contributed by atoms with E-state index >= 15 is 0 Å². The third-order valence-corrected chi connectivity index (χ3v) is 3.81. The van der Waals surface area contributed by atoms with Crippen molar-refractivity contribution >= 4 is 6.09 Å². The molecule has 0 spiro atoms. The molecule has 0 saturated carbocycles. The van der Waals surface area contributed by atoms with Crippen molar-refractivity contribution in [1.29, 1.82) is 0 Å². The number of rotatable bonds is 7. The fourth-order valence-electron chi connectivity index (χ4n) is 2.65. The zero-order valence-electron chi connectivity index (χ0n) is 16.0. The number of nitrogens with zero attached hydrogens (tertiary/aromatic N) is 1. The summed E-state index contributed by atoms with van der Waals surface area (Å²) >= 11 is 0. The van der Waals surface area contributed by atoms with Crippen molar-refractivity contribution in [2.75, 3.05) is 27.1 Å². The van der Waals surface area contributed by atoms with Crippen molar-refractivity contribution in [3.05, 3.63) is 48.0 Å². The second-order valence-electron chi connectivity index (χ2n) is 7.17. The molecule has 2 rings (SSSR count). The summed E-state index contributed by atoms with van der Waals surface area (Å²) in [5, 5.41) is 0. The molecule has 1 amide bonds. The van der Waals surface area contributed by atoms with Crippen molar-refractivity contribution in [3.63, 3.8) is 0 Å². The van der Waals surface area contributed by atoms with Gasteiger partial charge >= 0.3 is 6.09 Å². The molecule has 0 bridgehead atoms. The third kappa shape index (κ3) is 6.44. The molecule has 1 heterocycles. The fraction of sp³-hybridized carbons (Fsp3) is 0.550. The number of hydrogen-bond acceptors (Lipinski definition) is 5. The maximum Gasteiger partial charge on any atom is 0.411 e. The molecule has 144 valence electrons. The summed E-state index contributed by atoms with van der Waals surface area (Å²) in [7, 11) is 1.57. The molecule has 6 heteroatoms. The van der Waals surface area contributed by atoms with Gasteiger partial charge in [0.05, 0.1) is 19.3 Å². The molecule has 0 radical (unpaired) electrons. The molecule has 6 nitrogen and oxygen atoms in total. The SMILES string of the molecule is COCO[C@@H]1C=CCN(C(=O)OC(C)(C)C)[C@@H]1COCc1ccccc1. The van der Waals surface area contributed by atoms with Crippen LogP contribution in [0.4, 0.5) is 4.79 Å². The smallest absolute Gasteiger partial charge is 0.411 e. The minimum absolute atomic E-state index is 0.145. The van der Waals surface area contributed by atoms with E-state index in [4.69, 9.17) is 18.9 Å². The van der Waals surface area contributed by atoms with Crippen LogP contribution >= 0.6 is 0 Å². The van der Waals surface area contributed by atoms with Crippen molar-refractivity contribution in [3.8, 4) is 0 Å². The monoisotopic (exact) mass is 363 g/mol. The van der Waals surface area contributed by atoms with E-state index in [-0.39, 0.29) is 25.0 Å². The number of carbonyl (C=O) groups excluding carboxylic acids is 1. The second kappa shape index (κ2) is 9.71. The minimum atomic E-state index is -0.559. The third-order valence-electron chi connectivity index (χ3n) is 3.81. The molecule has 0 aromatic heterocycles. The number of ether oxygens (including phenoxy) is 4. The summed E-state index contributed by atoms with van der Waals surface area (Å²) in [5.74, 6) is 0. The van der Waals surface area contributed by atoms with E-state index in [0.717, 1.165) is 5.56 Å². The van der Waals surface area contributed by atoms with E-state index in [1.807, 2.05) is 63.3 Å². The van der Waals surface area contributed by atoms with Gasteiger partial charge < -0.3 is 18.9 Å². The zero-order valence-corrected chi connectivity index (χ0v) is 16.0. The Kier molecular flexibility index (Phi) is 7.63. The molecule has 26 heavy (non-hydrogen) atoms. The number of hydrogen-bond donors (Lipinski definition) is 0. The molecule has 0 unspecified atom stereocenters. The van der Waals surface area contributed by atoms with Crippen molar-refractivity contribution < 1.29 is 23.7 Å². The van der Waals surface area contributed by atoms with Gasteiger partial charge in [-0.3, -0.25) is 4.90 Å². The van der Waals surface area contributed by atoms with E-state index in [9.17, 15) is 4.79 Å². The van der Waals surface area contributed by atoms with Gasteiger partial charge in [-0.15, -0.1) is 0 Å². The summed E-state index contributed by atoms with van der Waals surface area (Å²) in [6.07, 6.45) is 3.15. The lowest BCUT2D eigenvalue weighted by Gasteiger charge is -2.38. The Hall–Kier alpha value is -1.89. The lowest BCUT2D eigenvalue weighted by molar-refractivity contribution is -0.0980. The van der Waals surface area contributed by atoms with E-state index in [2.05, 4.69) is 0 Å². The molecule has 2 atom stereocenters. The minimum Gasteiger partial charge on any atom is -0.444 e. The average Bonchev–Trinajstić information content (AvgIpc) is 2.60. The van der Waals surface area contributed by atoms with Gasteiger partial charge in [-0.2, -0.15) is 0 Å². The predicted octanol–water partition coefficient (Wildman–Crippen LogP) is 3.37. The first-order valence-corrected chi connectivity index (χ1v) is 8.79. The summed E-state index contributed by atoms with van der Waals surface area (Å²) < 4.78 is 22.1. The van der Waals surface area contributed by atoms with Crippen molar-refractivity contribution in [1.82, 2.24) is 4.90 Å². The van der Waals surface area contributed by atoms with Crippen molar-refractivity contribution in [2.24, 2.45) is 0 Å². The zero-order chi connectivity index (χ0) is 19.0. The normalized spacial score (nSPS) is 20.2. The van der Waals surface area contributed by atoms with E-state index < -0.39 is 5.60 Å². The van der Waals surface area contributed by atoms with Crippen LogP contribution in [0.25, 0.3) is 0 Å². The number of benzene rings is 1. The van der Waals surface area contributed by atoms with Crippen LogP contribution in [0.2, 0.25) is 0 Å². The molecular weight excluding hydrogens is 334 g/mol. The Morgan fingerprint density at radius 1 is 1.23 bits per heavy atom. The maximum absolute atomic E-state index is 12.6. The summed E-state index contributed by atoms with van der Waals surface area (Å²) in [6.45, 7) is 6.97. The molecule has 0 N–H and O–H groups in total. The summed E-state index contributed by atoms with van der Waals surface area (Å²) in [4.78, 5) is 14.3. The first kappa shape index (κ1) is 20.4. The summed E-state index contributed by atoms with van der Waals surface area (Å²) in [6, 6.07) is 9.64. The van der Waals surface area contributed by atoms with Crippen LogP contribution in [0, 0.1) is 0 Å². The highest BCUT2D eigenvalue weighted by Gasteiger charge is 2.35. The molecule has 1 aromatic carbocycles. The van der Waals surface area contributed by atoms with Crippen LogP contribution in [0.5, 0.6) is 0 Å². The first-order chi connectivity index (χ1) is 12.4. The standard InChI is InChI=1S/C20H29NO5/c1-20(2,3)26-19(22)21-12-8-11-18(25-15-23-4)17(21)14-24-13-16-9-6-5-7-10-16/h5-11,17-18H,12-15H2,1-4H3/t17-,18-/m1/s1. The van der Waals surface area contributed by atoms with Gasteiger partial charge in [-0.05, 0) is 26.3 Å². The Bertz CT molecular complexity index is 582. The van der Waals surface area contributed by atoms with E-state index in [1.54, 1.807) is 12.0 Å². The quantitative estimate of drug-likeness (QED) is 0.549. The number of carbonyl (C=O) groups is 1. The van der Waals surface area contributed by atoms with Crippen LogP contribution < -0.4 is 0 Å². The highest BCUT2D eigenvalue weighted by atomic mass is 16.7. The summed E-state index contributed by atoms with van der Waals surface area (Å²) in [5.41, 5.74) is 0.522. The van der Waals surface area contributed by atoms with Crippen LogP contribution in [0.3, 0.4) is 0 Å². The van der Waals surface area contributed by atoms with Gasteiger partial charge in [-0.25, -0.2) is 4.79 Å². The molecule has 0 fully saturated rings. The van der Waals surface area contributed by atoms with Gasteiger partial charge in [0.25, 0.3) is 0 Å². The molecular formula is C20H29NO5. The second-order valence-corrected chi connectivity index (χ2v) is 7.17. The predicted molar refractivity (Wildman–Crippen MR) is 98.7 cm³/mol. The molecule has 0 saturated heterocycles. The lowest BCUT2D eigenvalue weighted by atomic mass is 10.1.